The first-order valence-electron chi connectivity index (χ1n) is 9.35. The van der Waals surface area contributed by atoms with Crippen LogP contribution in [0, 0.1) is 6.92 Å². The van der Waals surface area contributed by atoms with Gasteiger partial charge in [-0.25, -0.2) is 13.1 Å². The number of carbonyl (C=O) groups is 2. The van der Waals surface area contributed by atoms with Gasteiger partial charge in [-0.1, -0.05) is 12.1 Å². The Labute approximate surface area is 168 Å². The Morgan fingerprint density at radius 2 is 2.03 bits per heavy atom. The highest BCUT2D eigenvalue weighted by atomic mass is 32.2. The van der Waals surface area contributed by atoms with Gasteiger partial charge in [0, 0.05) is 13.0 Å². The van der Waals surface area contributed by atoms with Gasteiger partial charge < -0.3 is 15.0 Å². The number of carbonyl (C=O) groups excluding carboxylic acids is 2. The molecule has 1 fully saturated rings. The molecule has 2 aliphatic heterocycles. The van der Waals surface area contributed by atoms with Gasteiger partial charge in [-0.2, -0.15) is 5.10 Å². The van der Waals surface area contributed by atoms with Crippen molar-refractivity contribution in [2.24, 2.45) is 0 Å². The summed E-state index contributed by atoms with van der Waals surface area (Å²) in [6.45, 7) is 3.31. The number of hydrogen-bond acceptors (Lipinski definition) is 6. The van der Waals surface area contributed by atoms with Crippen molar-refractivity contribution in [2.45, 2.75) is 32.4 Å². The number of amides is 2. The molecular formula is C19H22N4O5S. The van der Waals surface area contributed by atoms with Crippen LogP contribution < -0.4 is 15.0 Å². The van der Waals surface area contributed by atoms with Crippen molar-refractivity contribution >= 4 is 33.2 Å². The molecular weight excluding hydrogens is 396 g/mol. The first-order valence-corrected chi connectivity index (χ1v) is 11.2. The minimum atomic E-state index is -3.09. The average molecular weight is 418 g/mol. The second-order valence-corrected chi connectivity index (χ2v) is 9.59. The molecule has 1 saturated heterocycles. The second-order valence-electron chi connectivity index (χ2n) is 7.37. The minimum absolute atomic E-state index is 0.00239. The molecule has 1 N–H and O–H groups in total. The summed E-state index contributed by atoms with van der Waals surface area (Å²) in [4.78, 5) is 26.5. The third-order valence-corrected chi connectivity index (χ3v) is 6.86. The molecule has 1 aromatic carbocycles. The van der Waals surface area contributed by atoms with Crippen LogP contribution in [0.1, 0.15) is 25.1 Å². The highest BCUT2D eigenvalue weighted by Crippen LogP contribution is 2.33. The van der Waals surface area contributed by atoms with Crippen molar-refractivity contribution in [3.63, 3.8) is 0 Å². The standard InChI is InChI=1S/C19H22N4O5S/c1-12-9-18(23(21-12)14-7-8-29(26,27)11-14)20-19(25)17-10-22(13(2)24)15-5-3-4-6-16(15)28-17/h3-6,9,14,17H,7-8,10-11H2,1-2H3,(H,20,25)/t14-,17-/m0/s1. The number of anilines is 2. The smallest absolute Gasteiger partial charge is 0.268 e. The van der Waals surface area contributed by atoms with Gasteiger partial charge in [0.2, 0.25) is 5.91 Å². The Balaban J connectivity index is 1.56. The molecule has 1 aromatic heterocycles. The number of nitrogens with zero attached hydrogens (tertiary/aromatic N) is 3. The molecule has 2 aliphatic rings. The summed E-state index contributed by atoms with van der Waals surface area (Å²) in [7, 11) is -3.09. The topological polar surface area (TPSA) is 111 Å². The van der Waals surface area contributed by atoms with Gasteiger partial charge in [0.1, 0.15) is 11.6 Å². The summed E-state index contributed by atoms with van der Waals surface area (Å²) in [5.74, 6) is 0.387. The van der Waals surface area contributed by atoms with Gasteiger partial charge in [-0.15, -0.1) is 0 Å². The van der Waals surface area contributed by atoms with Crippen LogP contribution in [0.25, 0.3) is 0 Å². The third kappa shape index (κ3) is 3.84. The first kappa shape index (κ1) is 19.4. The van der Waals surface area contributed by atoms with E-state index in [1.54, 1.807) is 41.9 Å². The number of aryl methyl sites for hydroxylation is 1. The highest BCUT2D eigenvalue weighted by molar-refractivity contribution is 7.91. The van der Waals surface area contributed by atoms with E-state index in [2.05, 4.69) is 10.4 Å². The molecule has 3 heterocycles. The minimum Gasteiger partial charge on any atom is -0.476 e. The van der Waals surface area contributed by atoms with E-state index < -0.39 is 21.8 Å². The molecule has 10 heteroatoms. The number of sulfone groups is 1. The zero-order valence-corrected chi connectivity index (χ0v) is 17.0. The van der Waals surface area contributed by atoms with E-state index in [4.69, 9.17) is 4.74 Å². The van der Waals surface area contributed by atoms with Crippen molar-refractivity contribution < 1.29 is 22.7 Å². The molecule has 0 aliphatic carbocycles. The summed E-state index contributed by atoms with van der Waals surface area (Å²) in [6.07, 6.45) is -0.442. The SMILES string of the molecule is CC(=O)N1C[C@@H](C(=O)Nc2cc(C)nn2[C@H]2CCS(=O)(=O)C2)Oc2ccccc21. The molecule has 4 rings (SSSR count). The lowest BCUT2D eigenvalue weighted by molar-refractivity contribution is -0.123. The Morgan fingerprint density at radius 1 is 1.28 bits per heavy atom. The molecule has 9 nitrogen and oxygen atoms in total. The fourth-order valence-electron chi connectivity index (χ4n) is 3.73. The zero-order chi connectivity index (χ0) is 20.8. The van der Waals surface area contributed by atoms with Crippen molar-refractivity contribution in [3.05, 3.63) is 36.0 Å². The fraction of sp³-hybridized carbons (Fsp3) is 0.421. The van der Waals surface area contributed by atoms with E-state index in [1.807, 2.05) is 0 Å². The van der Waals surface area contributed by atoms with Crippen LogP contribution in [0.2, 0.25) is 0 Å². The van der Waals surface area contributed by atoms with Crippen LogP contribution >= 0.6 is 0 Å². The second kappa shape index (κ2) is 7.18. The fourth-order valence-corrected chi connectivity index (χ4v) is 5.42. The number of ether oxygens (including phenoxy) is 1. The lowest BCUT2D eigenvalue weighted by atomic mass is 10.1. The third-order valence-electron chi connectivity index (χ3n) is 5.11. The maximum Gasteiger partial charge on any atom is 0.268 e. The number of para-hydroxylation sites is 2. The summed E-state index contributed by atoms with van der Waals surface area (Å²) >= 11 is 0. The quantitative estimate of drug-likeness (QED) is 0.805. The largest absolute Gasteiger partial charge is 0.476 e. The van der Waals surface area contributed by atoms with Gasteiger partial charge in [-0.3, -0.25) is 9.59 Å². The van der Waals surface area contributed by atoms with Crippen LogP contribution in [0.5, 0.6) is 5.75 Å². The Hall–Kier alpha value is -2.88. The number of benzene rings is 1. The van der Waals surface area contributed by atoms with Gasteiger partial charge in [0.05, 0.1) is 35.5 Å². The van der Waals surface area contributed by atoms with Crippen molar-refractivity contribution in [1.29, 1.82) is 0 Å². The van der Waals surface area contributed by atoms with Gasteiger partial charge >= 0.3 is 0 Å². The number of aromatic nitrogens is 2. The lowest BCUT2D eigenvalue weighted by Crippen LogP contribution is -2.48. The summed E-state index contributed by atoms with van der Waals surface area (Å²) in [5, 5.41) is 7.17. The van der Waals surface area contributed by atoms with E-state index >= 15 is 0 Å². The molecule has 29 heavy (non-hydrogen) atoms. The average Bonchev–Trinajstić information content (AvgIpc) is 3.21. The Kier molecular flexibility index (Phi) is 4.81. The van der Waals surface area contributed by atoms with E-state index in [0.717, 1.165) is 0 Å². The molecule has 2 amide bonds. The lowest BCUT2D eigenvalue weighted by Gasteiger charge is -2.33. The molecule has 0 spiro atoms. The number of hydrogen-bond donors (Lipinski definition) is 1. The van der Waals surface area contributed by atoms with Crippen LogP contribution in [0.4, 0.5) is 11.5 Å². The van der Waals surface area contributed by atoms with Crippen molar-refractivity contribution in [3.8, 4) is 5.75 Å². The van der Waals surface area contributed by atoms with Crippen molar-refractivity contribution in [1.82, 2.24) is 9.78 Å². The van der Waals surface area contributed by atoms with Crippen LogP contribution in [-0.4, -0.2) is 54.2 Å². The van der Waals surface area contributed by atoms with Gasteiger partial charge in [0.25, 0.3) is 5.91 Å². The van der Waals surface area contributed by atoms with Crippen LogP contribution in [0.3, 0.4) is 0 Å². The number of nitrogens with one attached hydrogen (secondary N) is 1. The Bertz CT molecular complexity index is 1080. The molecule has 2 aromatic rings. The first-order chi connectivity index (χ1) is 13.7. The van der Waals surface area contributed by atoms with E-state index in [9.17, 15) is 18.0 Å². The summed E-state index contributed by atoms with van der Waals surface area (Å²) < 4.78 is 31.1. The molecule has 0 saturated carbocycles. The predicted octanol–water partition coefficient (Wildman–Crippen LogP) is 1.30. The molecule has 154 valence electrons. The van der Waals surface area contributed by atoms with E-state index in [0.29, 0.717) is 29.4 Å². The Morgan fingerprint density at radius 3 is 2.72 bits per heavy atom. The molecule has 0 radical (unpaired) electrons. The number of rotatable bonds is 3. The predicted molar refractivity (Wildman–Crippen MR) is 107 cm³/mol. The van der Waals surface area contributed by atoms with Crippen molar-refractivity contribution in [2.75, 3.05) is 28.3 Å². The number of fused-ring (bicyclic) bond motifs is 1. The maximum absolute atomic E-state index is 12.9. The normalized spacial score (nSPS) is 22.6. The van der Waals surface area contributed by atoms with Crippen LogP contribution in [0.15, 0.2) is 30.3 Å². The molecule has 0 unspecified atom stereocenters. The molecule has 2 atom stereocenters. The highest BCUT2D eigenvalue weighted by Gasteiger charge is 2.35. The van der Waals surface area contributed by atoms with Gasteiger partial charge in [0.15, 0.2) is 15.9 Å². The van der Waals surface area contributed by atoms with Gasteiger partial charge in [-0.05, 0) is 25.5 Å². The summed E-state index contributed by atoms with van der Waals surface area (Å²) in [6, 6.07) is 8.44. The maximum atomic E-state index is 12.9. The van der Waals surface area contributed by atoms with Crippen LogP contribution in [-0.2, 0) is 19.4 Å². The zero-order valence-electron chi connectivity index (χ0n) is 16.2. The molecule has 0 bridgehead atoms. The van der Waals surface area contributed by atoms with E-state index in [-0.39, 0.29) is 30.0 Å². The summed E-state index contributed by atoms with van der Waals surface area (Å²) in [5.41, 5.74) is 1.30. The van der Waals surface area contributed by atoms with E-state index in [1.165, 1.54) is 11.8 Å². The monoisotopic (exact) mass is 418 g/mol.